The average molecular weight is 1370 g/mol. The van der Waals surface area contributed by atoms with Crippen LogP contribution in [-0.2, 0) is 138 Å². The van der Waals surface area contributed by atoms with E-state index in [2.05, 4.69) is 25.0 Å². The molecule has 2 N–H and O–H groups in total. The lowest BCUT2D eigenvalue weighted by Crippen LogP contribution is -2.72. The molecule has 8 rings (SSSR count). The number of carbonyl (C=O) groups excluding carboxylic acids is 6. The van der Waals surface area contributed by atoms with Gasteiger partial charge in [-0.1, -0.05) is 171 Å². The molecule has 0 radical (unpaired) electrons. The fourth-order valence-corrected chi connectivity index (χ4v) is 12.3. The van der Waals surface area contributed by atoms with E-state index in [9.17, 15) is 29.1 Å². The highest BCUT2D eigenvalue weighted by Crippen LogP contribution is 2.42. The molecule has 24 nitrogen and oxygen atoms in total. The van der Waals surface area contributed by atoms with Crippen molar-refractivity contribution in [1.82, 2.24) is 5.32 Å². The van der Waals surface area contributed by atoms with Crippen LogP contribution in [-0.4, -0.2) is 180 Å². The number of hydrogen-bond donors (Lipinski definition) is 2. The number of methoxy groups -OCH3 is 1. The summed E-state index contributed by atoms with van der Waals surface area (Å²) in [6.07, 6.45) is -22.1. The average Bonchev–Trinajstić information content (AvgIpc) is 0.748. The van der Waals surface area contributed by atoms with Crippen LogP contribution in [0.1, 0.15) is 68.9 Å². The minimum absolute atomic E-state index is 0.0322. The lowest BCUT2D eigenvalue weighted by atomic mass is 9.87. The molecular formula is C72H91NO23Si. The third kappa shape index (κ3) is 22.9. The third-order valence-electron chi connectivity index (χ3n) is 16.1. The lowest BCUT2D eigenvalue weighted by Gasteiger charge is -2.52. The minimum Gasteiger partial charge on any atom is -0.465 e. The summed E-state index contributed by atoms with van der Waals surface area (Å²) in [6.45, 7) is 11.3. The van der Waals surface area contributed by atoms with Crippen molar-refractivity contribution < 1.29 is 110 Å². The van der Waals surface area contributed by atoms with Gasteiger partial charge in [-0.05, 0) is 33.9 Å². The number of aliphatic hydroxyl groups is 1. The molecule has 1 unspecified atom stereocenters. The first-order valence-electron chi connectivity index (χ1n) is 32.4. The van der Waals surface area contributed by atoms with Crippen molar-refractivity contribution >= 4 is 43.8 Å². The second-order valence-corrected chi connectivity index (χ2v) is 30.8. The zero-order valence-electron chi connectivity index (χ0n) is 56.3. The minimum atomic E-state index is -2.90. The Morgan fingerprint density at radius 1 is 0.557 bits per heavy atom. The molecule has 526 valence electrons. The van der Waals surface area contributed by atoms with Gasteiger partial charge < -0.3 is 86.2 Å². The van der Waals surface area contributed by atoms with Crippen molar-refractivity contribution in [2.75, 3.05) is 33.5 Å². The van der Waals surface area contributed by atoms with Crippen LogP contribution in [0.2, 0.25) is 25.7 Å². The molecule has 25 heteroatoms. The molecule has 0 saturated carbocycles. The van der Waals surface area contributed by atoms with Crippen molar-refractivity contribution in [2.45, 2.75) is 197 Å². The van der Waals surface area contributed by atoms with E-state index < -0.39 is 155 Å². The van der Waals surface area contributed by atoms with Crippen LogP contribution in [0.5, 0.6) is 0 Å². The Balaban J connectivity index is 1.31. The molecule has 1 amide bonds. The Morgan fingerprint density at radius 2 is 1.02 bits per heavy atom. The van der Waals surface area contributed by atoms with Gasteiger partial charge in [-0.15, -0.1) is 0 Å². The van der Waals surface area contributed by atoms with Gasteiger partial charge in [-0.3, -0.25) is 24.0 Å². The zero-order valence-corrected chi connectivity index (χ0v) is 57.3. The molecule has 3 heterocycles. The summed E-state index contributed by atoms with van der Waals surface area (Å²) in [5.41, 5.74) is 3.92. The predicted molar refractivity (Wildman–Crippen MR) is 350 cm³/mol. The lowest BCUT2D eigenvalue weighted by molar-refractivity contribution is -0.395. The standard InChI is InChI=1S/C72H91NO23Si/c1-46(74)73-60-56(89-48(3)76)37-72(71(80)81-6,95-64(60)62(91-50(5)78)59(90-49(4)77)45-85-47(2)75)96-65-61(79)57(43-82-38-51-25-15-10-16-26-51)92-70(67(65)87-41-54-31-21-13-22-32-54)94-63-58(44-83-39-52-27-17-11-18-28-52)93-69(84-35-36-97(7,8)9)68(88-42-55-33-23-14-24-34-55)66(63)86-40-53-29-19-12-20-30-53/h10-34,56-70,79H,35-45H2,1-9H3,(H,73,74)/t56-,57+,58+,59?,60+,61-,62+,63+,64+,65-,66-,67+,68+,69+,70-,72-/m0/s1. The van der Waals surface area contributed by atoms with E-state index in [4.69, 9.17) is 75.8 Å². The highest BCUT2D eigenvalue weighted by atomic mass is 28.3. The molecule has 3 aliphatic rings. The van der Waals surface area contributed by atoms with Gasteiger partial charge in [0.25, 0.3) is 5.79 Å². The number of rotatable bonds is 34. The molecule has 3 saturated heterocycles. The summed E-state index contributed by atoms with van der Waals surface area (Å²) in [6, 6.07) is 46.1. The first-order valence-corrected chi connectivity index (χ1v) is 36.1. The normalized spacial score (nSPS) is 26.3. The maximum atomic E-state index is 15.3. The van der Waals surface area contributed by atoms with Gasteiger partial charge >= 0.3 is 29.8 Å². The van der Waals surface area contributed by atoms with Crippen LogP contribution < -0.4 is 5.32 Å². The zero-order chi connectivity index (χ0) is 69.5. The number of hydrogen-bond acceptors (Lipinski definition) is 23. The summed E-state index contributed by atoms with van der Waals surface area (Å²) in [5, 5.41) is 15.9. The van der Waals surface area contributed by atoms with E-state index in [1.807, 2.05) is 127 Å². The van der Waals surface area contributed by atoms with Crippen LogP contribution in [0.3, 0.4) is 0 Å². The monoisotopic (exact) mass is 1370 g/mol. The SMILES string of the molecule is COC(=O)[C@@]1(O[C@H]2[C@@H](O)[C@@H](COCc3ccccc3)O[C@@H](O[C@H]3[C@H](OCc4ccccc4)[C@@H](OCc4ccccc4)[C@H](OCC[Si](C)(C)C)O[C@@H]3COCc3ccccc3)[C@@H]2OCc2ccccc2)C[C@H](OC(C)=O)[C@@H](NC(C)=O)[C@H]([C@H](OC(C)=O)C(COC(C)=O)OC(C)=O)O1. The Kier molecular flexibility index (Phi) is 28.8. The summed E-state index contributed by atoms with van der Waals surface area (Å²) in [7, 11) is -0.691. The van der Waals surface area contributed by atoms with E-state index in [0.29, 0.717) is 12.2 Å². The molecule has 0 aromatic heterocycles. The molecule has 16 atom stereocenters. The van der Waals surface area contributed by atoms with Gasteiger partial charge in [0.05, 0.1) is 65.8 Å². The van der Waals surface area contributed by atoms with E-state index in [-0.39, 0.29) is 46.2 Å². The molecule has 0 aliphatic carbocycles. The fourth-order valence-electron chi connectivity index (χ4n) is 11.5. The maximum absolute atomic E-state index is 15.3. The number of aliphatic hydroxyl groups excluding tert-OH is 1. The molecule has 97 heavy (non-hydrogen) atoms. The van der Waals surface area contributed by atoms with Gasteiger partial charge in [-0.25, -0.2) is 4.79 Å². The van der Waals surface area contributed by atoms with Gasteiger partial charge in [0, 0.05) is 49.3 Å². The van der Waals surface area contributed by atoms with Crippen molar-refractivity contribution in [3.8, 4) is 0 Å². The van der Waals surface area contributed by atoms with Gasteiger partial charge in [0.1, 0.15) is 67.6 Å². The number of benzene rings is 5. The van der Waals surface area contributed by atoms with E-state index in [1.54, 1.807) is 24.3 Å². The maximum Gasteiger partial charge on any atom is 0.366 e. The Morgan fingerprint density at radius 3 is 1.47 bits per heavy atom. The van der Waals surface area contributed by atoms with Crippen LogP contribution in [0, 0.1) is 0 Å². The van der Waals surface area contributed by atoms with Crippen molar-refractivity contribution in [1.29, 1.82) is 0 Å². The molecule has 3 aliphatic heterocycles. The number of nitrogens with one attached hydrogen (secondary N) is 1. The van der Waals surface area contributed by atoms with Gasteiger partial charge in [-0.2, -0.15) is 0 Å². The van der Waals surface area contributed by atoms with Crippen LogP contribution in [0.25, 0.3) is 0 Å². The van der Waals surface area contributed by atoms with Crippen molar-refractivity contribution in [2.24, 2.45) is 0 Å². The number of esters is 5. The molecule has 5 aromatic rings. The van der Waals surface area contributed by atoms with Crippen molar-refractivity contribution in [3.63, 3.8) is 0 Å². The van der Waals surface area contributed by atoms with E-state index in [1.165, 1.54) is 0 Å². The second-order valence-electron chi connectivity index (χ2n) is 25.2. The number of carbonyl (C=O) groups is 6. The first kappa shape index (κ1) is 75.4. The van der Waals surface area contributed by atoms with Crippen molar-refractivity contribution in [3.05, 3.63) is 179 Å². The molecule has 0 bridgehead atoms. The Hall–Kier alpha value is -7.34. The first-order chi connectivity index (χ1) is 46.6. The molecular weight excluding hydrogens is 1270 g/mol. The topological polar surface area (TPSA) is 282 Å². The Labute approximate surface area is 566 Å². The highest BCUT2D eigenvalue weighted by Gasteiger charge is 2.63. The summed E-state index contributed by atoms with van der Waals surface area (Å²) < 4.78 is 105. The van der Waals surface area contributed by atoms with Crippen LogP contribution in [0.15, 0.2) is 152 Å². The third-order valence-corrected chi connectivity index (χ3v) is 17.8. The molecule has 3 fully saturated rings. The van der Waals surface area contributed by atoms with Gasteiger partial charge in [0.2, 0.25) is 5.91 Å². The van der Waals surface area contributed by atoms with Gasteiger partial charge in [0.15, 0.2) is 24.8 Å². The summed E-state index contributed by atoms with van der Waals surface area (Å²) in [5.74, 6) is -8.62. The number of ether oxygens (including phenoxy) is 16. The highest BCUT2D eigenvalue weighted by molar-refractivity contribution is 6.76. The van der Waals surface area contributed by atoms with Crippen LogP contribution in [0.4, 0.5) is 0 Å². The fraction of sp³-hybridized carbons (Fsp3) is 0.500. The van der Waals surface area contributed by atoms with E-state index in [0.717, 1.165) is 70.0 Å². The van der Waals surface area contributed by atoms with Crippen LogP contribution >= 0.6 is 0 Å². The predicted octanol–water partition coefficient (Wildman–Crippen LogP) is 7.63. The molecule has 0 spiro atoms. The quantitative estimate of drug-likeness (QED) is 0.0227. The summed E-state index contributed by atoms with van der Waals surface area (Å²) in [4.78, 5) is 80.7. The molecule has 5 aromatic carbocycles. The smallest absolute Gasteiger partial charge is 0.366 e. The second kappa shape index (κ2) is 37.0. The van der Waals surface area contributed by atoms with E-state index >= 15 is 4.79 Å². The Bertz CT molecular complexity index is 3240. The summed E-state index contributed by atoms with van der Waals surface area (Å²) >= 11 is 0. The largest absolute Gasteiger partial charge is 0.465 e. The number of amides is 1.